The summed E-state index contributed by atoms with van der Waals surface area (Å²) in [5.74, 6) is 0.114. The van der Waals surface area contributed by atoms with Crippen molar-refractivity contribution in [3.63, 3.8) is 0 Å². The van der Waals surface area contributed by atoms with Gasteiger partial charge in [-0.15, -0.1) is 0 Å². The summed E-state index contributed by atoms with van der Waals surface area (Å²) >= 11 is 0. The Kier molecular flexibility index (Phi) is 2.83. The van der Waals surface area contributed by atoms with Crippen LogP contribution in [0.1, 0.15) is 5.56 Å². The Labute approximate surface area is 111 Å². The third kappa shape index (κ3) is 2.25. The first kappa shape index (κ1) is 11.6. The molecular weight excluding hydrogens is 240 g/mol. The number of carbonyl (C=O) groups is 1. The Morgan fingerprint density at radius 3 is 2.58 bits per heavy atom. The molecule has 1 heterocycles. The molecule has 0 bridgehead atoms. The van der Waals surface area contributed by atoms with Crippen molar-refractivity contribution in [3.8, 4) is 5.75 Å². The van der Waals surface area contributed by atoms with Crippen LogP contribution in [0.25, 0.3) is 0 Å². The molecule has 4 heteroatoms. The summed E-state index contributed by atoms with van der Waals surface area (Å²) in [6.07, 6.45) is 0. The van der Waals surface area contributed by atoms with E-state index >= 15 is 0 Å². The van der Waals surface area contributed by atoms with Crippen molar-refractivity contribution in [3.05, 3.63) is 54.1 Å². The molecule has 0 unspecified atom stereocenters. The summed E-state index contributed by atoms with van der Waals surface area (Å²) in [6.45, 7) is 0.818. The minimum Gasteiger partial charge on any atom is -0.506 e. The Bertz CT molecular complexity index is 625. The molecule has 2 aromatic rings. The van der Waals surface area contributed by atoms with Gasteiger partial charge in [-0.1, -0.05) is 30.3 Å². The minimum atomic E-state index is -0.0757. The van der Waals surface area contributed by atoms with Gasteiger partial charge in [-0.25, -0.2) is 0 Å². The first-order valence-corrected chi connectivity index (χ1v) is 6.15. The minimum absolute atomic E-state index is 0.0757. The van der Waals surface area contributed by atoms with Gasteiger partial charge in [0, 0.05) is 12.2 Å². The number of hydrogen-bond acceptors (Lipinski definition) is 3. The number of nitrogens with one attached hydrogen (secondary N) is 1. The second-order valence-electron chi connectivity index (χ2n) is 4.55. The van der Waals surface area contributed by atoms with Crippen LogP contribution in [-0.4, -0.2) is 17.6 Å². The molecule has 2 aromatic carbocycles. The molecule has 96 valence electrons. The number of phenols is 1. The quantitative estimate of drug-likeness (QED) is 0.821. The smallest absolute Gasteiger partial charge is 0.243 e. The molecule has 0 atom stereocenters. The maximum atomic E-state index is 11.9. The van der Waals surface area contributed by atoms with E-state index in [9.17, 15) is 9.90 Å². The molecule has 19 heavy (non-hydrogen) atoms. The molecule has 2 N–H and O–H groups in total. The van der Waals surface area contributed by atoms with Gasteiger partial charge in [-0.3, -0.25) is 4.79 Å². The number of hydrogen-bond donors (Lipinski definition) is 2. The highest BCUT2D eigenvalue weighted by Gasteiger charge is 2.20. The summed E-state index contributed by atoms with van der Waals surface area (Å²) < 4.78 is 0. The standard InChI is InChI=1S/C15H14N2O2/c18-14-8-4-3-7-13(14)17-9-11-5-1-2-6-12(11)16-15(19)10-17/h1-8,18H,9-10H2,(H,16,19). The number of amides is 1. The van der Waals surface area contributed by atoms with Crippen LogP contribution in [0.2, 0.25) is 0 Å². The third-order valence-corrected chi connectivity index (χ3v) is 3.21. The third-order valence-electron chi connectivity index (χ3n) is 3.21. The van der Waals surface area contributed by atoms with Gasteiger partial charge in [0.2, 0.25) is 5.91 Å². The number of rotatable bonds is 1. The number of nitrogens with zero attached hydrogens (tertiary/aromatic N) is 1. The number of fused-ring (bicyclic) bond motifs is 1. The van der Waals surface area contributed by atoms with E-state index in [0.29, 0.717) is 12.2 Å². The van der Waals surface area contributed by atoms with E-state index in [-0.39, 0.29) is 18.2 Å². The van der Waals surface area contributed by atoms with Crippen LogP contribution in [0.4, 0.5) is 11.4 Å². The first-order valence-electron chi connectivity index (χ1n) is 6.15. The molecule has 1 aliphatic rings. The highest BCUT2D eigenvalue weighted by molar-refractivity contribution is 5.96. The molecular formula is C15H14N2O2. The van der Waals surface area contributed by atoms with Gasteiger partial charge in [0.1, 0.15) is 5.75 Å². The summed E-state index contributed by atoms with van der Waals surface area (Å²) in [6, 6.07) is 14.8. The highest BCUT2D eigenvalue weighted by Crippen LogP contribution is 2.30. The van der Waals surface area contributed by atoms with Crippen molar-refractivity contribution in [2.24, 2.45) is 0 Å². The molecule has 0 radical (unpaired) electrons. The topological polar surface area (TPSA) is 52.6 Å². The van der Waals surface area contributed by atoms with Gasteiger partial charge in [-0.2, -0.15) is 0 Å². The van der Waals surface area contributed by atoms with E-state index in [2.05, 4.69) is 5.32 Å². The van der Waals surface area contributed by atoms with E-state index in [1.165, 1.54) is 0 Å². The van der Waals surface area contributed by atoms with Crippen LogP contribution >= 0.6 is 0 Å². The van der Waals surface area contributed by atoms with Gasteiger partial charge in [0.25, 0.3) is 0 Å². The molecule has 1 amide bonds. The maximum absolute atomic E-state index is 11.9. The van der Waals surface area contributed by atoms with E-state index in [1.54, 1.807) is 12.1 Å². The normalized spacial score (nSPS) is 14.5. The first-order chi connectivity index (χ1) is 9.24. The molecule has 0 saturated heterocycles. The molecule has 3 rings (SSSR count). The van der Waals surface area contributed by atoms with Gasteiger partial charge >= 0.3 is 0 Å². The highest BCUT2D eigenvalue weighted by atomic mass is 16.3. The van der Waals surface area contributed by atoms with Crippen LogP contribution in [0.3, 0.4) is 0 Å². The Hall–Kier alpha value is -2.49. The zero-order valence-electron chi connectivity index (χ0n) is 10.3. The number of benzene rings is 2. The second-order valence-corrected chi connectivity index (χ2v) is 4.55. The zero-order chi connectivity index (χ0) is 13.2. The average Bonchev–Trinajstić information content (AvgIpc) is 2.57. The van der Waals surface area contributed by atoms with Crippen molar-refractivity contribution < 1.29 is 9.90 Å². The van der Waals surface area contributed by atoms with Crippen LogP contribution in [0, 0.1) is 0 Å². The van der Waals surface area contributed by atoms with Crippen molar-refractivity contribution in [1.29, 1.82) is 0 Å². The summed E-state index contributed by atoms with van der Waals surface area (Å²) in [5, 5.41) is 12.8. The van der Waals surface area contributed by atoms with Crippen molar-refractivity contribution in [2.45, 2.75) is 6.54 Å². The fraction of sp³-hybridized carbons (Fsp3) is 0.133. The Morgan fingerprint density at radius 1 is 1.00 bits per heavy atom. The van der Waals surface area contributed by atoms with Crippen LogP contribution in [-0.2, 0) is 11.3 Å². The van der Waals surface area contributed by atoms with Crippen molar-refractivity contribution >= 4 is 17.3 Å². The summed E-state index contributed by atoms with van der Waals surface area (Å²) in [5.41, 5.74) is 2.55. The SMILES string of the molecule is O=C1CN(c2ccccc2O)Cc2ccccc2N1. The molecule has 0 spiro atoms. The van der Waals surface area contributed by atoms with E-state index in [0.717, 1.165) is 11.3 Å². The Morgan fingerprint density at radius 2 is 1.74 bits per heavy atom. The van der Waals surface area contributed by atoms with E-state index in [4.69, 9.17) is 0 Å². The van der Waals surface area contributed by atoms with Gasteiger partial charge < -0.3 is 15.3 Å². The summed E-state index contributed by atoms with van der Waals surface area (Å²) in [7, 11) is 0. The van der Waals surface area contributed by atoms with Gasteiger partial charge in [0.15, 0.2) is 0 Å². The van der Waals surface area contributed by atoms with Crippen LogP contribution in [0.5, 0.6) is 5.75 Å². The number of carbonyl (C=O) groups excluding carboxylic acids is 1. The van der Waals surface area contributed by atoms with E-state index in [1.807, 2.05) is 41.3 Å². The molecule has 0 aliphatic carbocycles. The summed E-state index contributed by atoms with van der Waals surface area (Å²) in [4.78, 5) is 13.8. The predicted molar refractivity (Wildman–Crippen MR) is 74.2 cm³/mol. The van der Waals surface area contributed by atoms with Crippen molar-refractivity contribution in [1.82, 2.24) is 0 Å². The number of phenolic OH excluding ortho intramolecular Hbond substituents is 1. The molecule has 0 saturated carbocycles. The number of para-hydroxylation sites is 3. The predicted octanol–water partition coefficient (Wildman–Crippen LogP) is 2.35. The largest absolute Gasteiger partial charge is 0.506 e. The average molecular weight is 254 g/mol. The fourth-order valence-electron chi connectivity index (χ4n) is 2.31. The van der Waals surface area contributed by atoms with Crippen LogP contribution in [0.15, 0.2) is 48.5 Å². The monoisotopic (exact) mass is 254 g/mol. The van der Waals surface area contributed by atoms with E-state index < -0.39 is 0 Å². The van der Waals surface area contributed by atoms with Gasteiger partial charge in [-0.05, 0) is 23.8 Å². The molecule has 1 aliphatic heterocycles. The lowest BCUT2D eigenvalue weighted by molar-refractivity contribution is -0.114. The van der Waals surface area contributed by atoms with Crippen molar-refractivity contribution in [2.75, 3.05) is 16.8 Å². The lowest BCUT2D eigenvalue weighted by atomic mass is 10.1. The fourth-order valence-corrected chi connectivity index (χ4v) is 2.31. The second kappa shape index (κ2) is 4.65. The lowest BCUT2D eigenvalue weighted by Gasteiger charge is -2.22. The lowest BCUT2D eigenvalue weighted by Crippen LogP contribution is -2.29. The van der Waals surface area contributed by atoms with Gasteiger partial charge in [0.05, 0.1) is 12.2 Å². The zero-order valence-corrected chi connectivity index (χ0v) is 10.3. The maximum Gasteiger partial charge on any atom is 0.243 e. The number of anilines is 2. The number of aromatic hydroxyl groups is 1. The van der Waals surface area contributed by atoms with Crippen LogP contribution < -0.4 is 10.2 Å². The molecule has 0 fully saturated rings. The molecule has 0 aromatic heterocycles. The molecule has 4 nitrogen and oxygen atoms in total. The Balaban J connectivity index is 2.01.